The van der Waals surface area contributed by atoms with Crippen LogP contribution in [-0.4, -0.2) is 14.1 Å². The van der Waals surface area contributed by atoms with E-state index in [1.807, 2.05) is 87.5 Å². The van der Waals surface area contributed by atoms with Gasteiger partial charge in [0.15, 0.2) is 0 Å². The van der Waals surface area contributed by atoms with E-state index in [0.29, 0.717) is 44.8 Å². The van der Waals surface area contributed by atoms with Crippen molar-refractivity contribution >= 4 is 32.8 Å². The average Bonchev–Trinajstić information content (AvgIpc) is 1.34. The van der Waals surface area contributed by atoms with Crippen LogP contribution in [0, 0.1) is 13.2 Å². The molecular formula is C69H58N4O. The number of rotatable bonds is 9. The van der Waals surface area contributed by atoms with Gasteiger partial charge in [0.1, 0.15) is 17.3 Å². The van der Waals surface area contributed by atoms with E-state index in [1.54, 1.807) is 56.2 Å². The van der Waals surface area contributed by atoms with Crippen molar-refractivity contribution in [2.45, 2.75) is 59.2 Å². The molecule has 0 fully saturated rings. The number of ether oxygens (including phenoxy) is 1. The first-order valence-corrected chi connectivity index (χ1v) is 24.1. The fraction of sp³-hybridized carbons (Fsp3) is 0.130. The van der Waals surface area contributed by atoms with Crippen molar-refractivity contribution in [3.63, 3.8) is 0 Å². The molecule has 3 aromatic heterocycles. The molecule has 0 radical (unpaired) electrons. The van der Waals surface area contributed by atoms with Crippen LogP contribution in [0.5, 0.6) is 11.5 Å². The zero-order chi connectivity index (χ0) is 66.3. The van der Waals surface area contributed by atoms with E-state index < -0.39 is 103 Å². The molecule has 12 aromatic rings. The molecule has 3 heterocycles. The second-order valence-electron chi connectivity index (χ2n) is 20.2. The first-order valence-electron chi connectivity index (χ1n) is 33.1. The Hall–Kier alpha value is -8.80. The van der Waals surface area contributed by atoms with Gasteiger partial charge in [0.05, 0.1) is 54.0 Å². The number of aromatic nitrogens is 4. The lowest BCUT2D eigenvalue weighted by molar-refractivity contribution is -0.571. The van der Waals surface area contributed by atoms with Gasteiger partial charge < -0.3 is 4.74 Å². The van der Waals surface area contributed by atoms with Gasteiger partial charge in [0.2, 0.25) is 0 Å². The summed E-state index contributed by atoms with van der Waals surface area (Å²) in [5, 5.41) is 1.56. The van der Waals surface area contributed by atoms with Crippen LogP contribution in [-0.2, 0) is 10.8 Å². The Bertz CT molecular complexity index is 4920. The van der Waals surface area contributed by atoms with Gasteiger partial charge in [-0.05, 0) is 122 Å². The third-order valence-corrected chi connectivity index (χ3v) is 13.3. The predicted molar refractivity (Wildman–Crippen MR) is 306 cm³/mol. The smallest absolute Gasteiger partial charge is 0.269 e. The number of fused-ring (bicyclic) bond motifs is 4. The van der Waals surface area contributed by atoms with Crippen LogP contribution in [0.25, 0.3) is 94.5 Å². The van der Waals surface area contributed by atoms with Gasteiger partial charge in [-0.2, -0.15) is 0 Å². The molecule has 0 aliphatic carbocycles. The highest BCUT2D eigenvalue weighted by Gasteiger charge is 2.25. The van der Waals surface area contributed by atoms with E-state index in [4.69, 9.17) is 28.9 Å². The number of hydrogen-bond donors (Lipinski definition) is 0. The lowest BCUT2D eigenvalue weighted by Crippen LogP contribution is -2.32. The van der Waals surface area contributed by atoms with Gasteiger partial charge in [-0.3, -0.25) is 13.7 Å². The Morgan fingerprint density at radius 2 is 1.12 bits per heavy atom. The molecule has 0 saturated heterocycles. The highest BCUT2D eigenvalue weighted by Crippen LogP contribution is 2.41. The van der Waals surface area contributed by atoms with Crippen molar-refractivity contribution in [1.82, 2.24) is 14.1 Å². The fourth-order valence-electron chi connectivity index (χ4n) is 9.50. The first-order chi connectivity index (χ1) is 43.3. The molecule has 0 unspecified atom stereocenters. The summed E-state index contributed by atoms with van der Waals surface area (Å²) in [6, 6.07) is 30.1. The lowest BCUT2D eigenvalue weighted by Gasteiger charge is -2.25. The molecule has 0 atom stereocenters. The molecule has 0 N–H and O–H groups in total. The average molecular weight is 977 g/mol. The second kappa shape index (κ2) is 18.4. The summed E-state index contributed by atoms with van der Waals surface area (Å²) >= 11 is 0. The highest BCUT2D eigenvalue weighted by molar-refractivity contribution is 6.09. The summed E-state index contributed by atoms with van der Waals surface area (Å²) in [6.07, 6.45) is 4.76. The minimum absolute atomic E-state index is 0.109. The minimum atomic E-state index is -2.83. The van der Waals surface area contributed by atoms with Gasteiger partial charge in [0, 0.05) is 32.7 Å². The van der Waals surface area contributed by atoms with Crippen LogP contribution >= 0.6 is 0 Å². The van der Waals surface area contributed by atoms with Gasteiger partial charge in [-0.1, -0.05) is 205 Å². The first kappa shape index (κ1) is 30.3. The van der Waals surface area contributed by atoms with E-state index in [-0.39, 0.29) is 55.9 Å². The topological polar surface area (TPSA) is 35.9 Å². The van der Waals surface area contributed by atoms with E-state index in [0.717, 1.165) is 27.5 Å². The molecule has 5 nitrogen and oxygen atoms in total. The zero-order valence-corrected chi connectivity index (χ0v) is 41.4. The zero-order valence-electron chi connectivity index (χ0n) is 59.4. The summed E-state index contributed by atoms with van der Waals surface area (Å²) in [7, 11) is 0. The number of nitrogens with zero attached hydrogens (tertiary/aromatic N) is 4. The molecule has 0 bridgehead atoms. The third-order valence-electron chi connectivity index (χ3n) is 13.3. The molecule has 0 saturated carbocycles. The molecule has 74 heavy (non-hydrogen) atoms. The van der Waals surface area contributed by atoms with Gasteiger partial charge >= 0.3 is 0 Å². The van der Waals surface area contributed by atoms with Gasteiger partial charge in [-0.15, -0.1) is 0 Å². The van der Waals surface area contributed by atoms with Crippen LogP contribution in [0.15, 0.2) is 224 Å². The van der Waals surface area contributed by atoms with E-state index in [2.05, 4.69) is 39.2 Å². The van der Waals surface area contributed by atoms with Crippen LogP contribution in [0.4, 0.5) is 0 Å². The number of aryl methyl sites for hydroxylation is 1. The third kappa shape index (κ3) is 8.54. The van der Waals surface area contributed by atoms with Crippen molar-refractivity contribution in [2.24, 2.45) is 0 Å². The maximum absolute atomic E-state index is 9.41. The Labute approximate surface area is 459 Å². The van der Waals surface area contributed by atoms with Crippen molar-refractivity contribution in [3.05, 3.63) is 247 Å². The van der Waals surface area contributed by atoms with Gasteiger partial charge in [0.25, 0.3) is 6.33 Å². The number of pyridine rings is 1. The number of imidazole rings is 1. The van der Waals surface area contributed by atoms with Crippen molar-refractivity contribution < 1.29 is 34.0 Å². The van der Waals surface area contributed by atoms with E-state index in [9.17, 15) is 5.48 Å². The monoisotopic (exact) mass is 977 g/mol. The van der Waals surface area contributed by atoms with Crippen molar-refractivity contribution in [3.8, 4) is 73.2 Å². The second-order valence-corrected chi connectivity index (χ2v) is 20.2. The molecule has 0 amide bonds. The number of para-hydroxylation sites is 1. The Morgan fingerprint density at radius 3 is 1.77 bits per heavy atom. The normalized spacial score (nSPS) is 15.6. The molecule has 0 spiro atoms. The Kier molecular flexibility index (Phi) is 7.51. The summed E-state index contributed by atoms with van der Waals surface area (Å²) < 4.78 is 171. The Balaban J connectivity index is 1.08. The Morgan fingerprint density at radius 1 is 0.514 bits per heavy atom. The molecule has 360 valence electrons. The maximum Gasteiger partial charge on any atom is 0.269 e. The molecule has 9 aromatic carbocycles. The van der Waals surface area contributed by atoms with Crippen LogP contribution < -0.4 is 9.30 Å². The lowest BCUT2D eigenvalue weighted by atomic mass is 9.82. The van der Waals surface area contributed by atoms with Gasteiger partial charge in [-0.25, -0.2) is 4.98 Å². The van der Waals surface area contributed by atoms with Crippen LogP contribution in [0.1, 0.15) is 82.9 Å². The predicted octanol–water partition coefficient (Wildman–Crippen LogP) is 17.6. The summed E-state index contributed by atoms with van der Waals surface area (Å²) in [5.41, 5.74) is 4.52. The van der Waals surface area contributed by atoms with Crippen LogP contribution in [0.2, 0.25) is 0 Å². The molecule has 0 aliphatic rings. The van der Waals surface area contributed by atoms with Crippen LogP contribution in [0.3, 0.4) is 0 Å². The molecule has 5 heteroatoms. The largest absolute Gasteiger partial charge is 0.458 e. The number of benzene rings is 9. The summed E-state index contributed by atoms with van der Waals surface area (Å²) in [6.45, 7) is 9.32. The van der Waals surface area contributed by atoms with E-state index >= 15 is 0 Å². The molecular weight excluding hydrogens is 901 g/mol. The SMILES string of the molecule is [2H]c1c([2H])c([2H])c(-c2cnc(-n3c4ccccc4c4ccc(Oc5cccc(-n6[c-][n+](-c7c(-c8c([2H])c([2H])c([2H])c([2H])c8[2H])cc(C(C)(C)C)cc7-c7c([2H])c([2H])c([2H])c([2H])c7[2H])c7ccc(-c8ccc(C(C)(C)C)cc8)cc76)c5)cc43)cc2C([2H])([2H])[2H])c([2H])c1[2H]. The molecule has 12 rings (SSSR count). The summed E-state index contributed by atoms with van der Waals surface area (Å²) in [4.78, 5) is 4.72. The highest BCUT2D eigenvalue weighted by atomic mass is 16.5. The maximum atomic E-state index is 9.41. The minimum Gasteiger partial charge on any atom is -0.458 e. The van der Waals surface area contributed by atoms with E-state index in [1.165, 1.54) is 12.3 Å². The molecule has 0 aliphatic heterocycles. The quantitative estimate of drug-likeness (QED) is 0.107. The number of hydrogen-bond acceptors (Lipinski definition) is 2. The standard InChI is InChI=1S/C69H58N4O/c1-46-38-66(70-44-61(46)50-24-15-10-16-25-50)73-62-29-18-17-28-57(62)58-36-35-56(43-64(58)73)74-55-27-19-26-54(42-55)71-45-72(63-37-32-51(39-65(63)71)47-30-33-52(34-31-47)68(2,3)4)67-59(48-20-11-8-12-21-48)40-53(69(5,6)7)41-60(67)49-22-13-9-14-23-49/h8-44H,1-7H3/i1D3,8D,9D,10D,11D,12D,13D,14D,15D,16D,20D,21D,22D,23D,24D,25D. The van der Waals surface area contributed by atoms with Crippen molar-refractivity contribution in [2.75, 3.05) is 0 Å². The fourth-order valence-corrected chi connectivity index (χ4v) is 9.50. The summed E-state index contributed by atoms with van der Waals surface area (Å²) in [5.74, 6) is 0.872. The van der Waals surface area contributed by atoms with Crippen molar-refractivity contribution in [1.29, 1.82) is 0 Å².